The van der Waals surface area contributed by atoms with Gasteiger partial charge in [0, 0.05) is 37.3 Å². The minimum absolute atomic E-state index is 0.0416. The molecule has 1 aromatic carbocycles. The maximum absolute atomic E-state index is 12.3. The van der Waals surface area contributed by atoms with Crippen LogP contribution in [-0.4, -0.2) is 16.7 Å². The molecule has 1 aromatic heterocycles. The summed E-state index contributed by atoms with van der Waals surface area (Å²) in [6, 6.07) is 9.74. The van der Waals surface area contributed by atoms with Crippen LogP contribution in [0.4, 0.5) is 0 Å². The van der Waals surface area contributed by atoms with Crippen LogP contribution in [0, 0.1) is 0 Å². The van der Waals surface area contributed by atoms with Gasteiger partial charge in [-0.1, -0.05) is 18.2 Å². The SMILES string of the molecule is O=C(CCC(=O)c1ccc2c(c1)CCCC2)NCc1cccnc1. The van der Waals surface area contributed by atoms with E-state index in [0.29, 0.717) is 6.54 Å². The first kappa shape index (κ1) is 16.4. The van der Waals surface area contributed by atoms with Crippen molar-refractivity contribution in [3.05, 3.63) is 65.0 Å². The number of nitrogens with one attached hydrogen (secondary N) is 1. The smallest absolute Gasteiger partial charge is 0.220 e. The van der Waals surface area contributed by atoms with Crippen molar-refractivity contribution in [2.24, 2.45) is 0 Å². The molecule has 124 valence electrons. The Kier molecular flexibility index (Phi) is 5.36. The molecule has 4 nitrogen and oxygen atoms in total. The van der Waals surface area contributed by atoms with Crippen molar-refractivity contribution >= 4 is 11.7 Å². The van der Waals surface area contributed by atoms with E-state index in [4.69, 9.17) is 0 Å². The molecule has 0 atom stereocenters. The summed E-state index contributed by atoms with van der Waals surface area (Å²) in [7, 11) is 0. The van der Waals surface area contributed by atoms with Gasteiger partial charge in [0.25, 0.3) is 0 Å². The number of carbonyl (C=O) groups excluding carboxylic acids is 2. The zero-order chi connectivity index (χ0) is 16.8. The van der Waals surface area contributed by atoms with Crippen LogP contribution in [0.2, 0.25) is 0 Å². The minimum Gasteiger partial charge on any atom is -0.352 e. The second kappa shape index (κ2) is 7.86. The second-order valence-corrected chi connectivity index (χ2v) is 6.25. The van der Waals surface area contributed by atoms with Gasteiger partial charge >= 0.3 is 0 Å². The Morgan fingerprint density at radius 2 is 1.88 bits per heavy atom. The van der Waals surface area contributed by atoms with Crippen molar-refractivity contribution in [2.45, 2.75) is 45.1 Å². The molecule has 0 radical (unpaired) electrons. The molecule has 24 heavy (non-hydrogen) atoms. The minimum atomic E-state index is -0.106. The Morgan fingerprint density at radius 1 is 1.04 bits per heavy atom. The number of ketones is 1. The first-order chi connectivity index (χ1) is 11.7. The Hall–Kier alpha value is -2.49. The van der Waals surface area contributed by atoms with Crippen LogP contribution in [0.15, 0.2) is 42.7 Å². The van der Waals surface area contributed by atoms with Gasteiger partial charge in [-0.2, -0.15) is 0 Å². The van der Waals surface area contributed by atoms with Gasteiger partial charge in [-0.3, -0.25) is 14.6 Å². The quantitative estimate of drug-likeness (QED) is 0.831. The van der Waals surface area contributed by atoms with Crippen LogP contribution >= 0.6 is 0 Å². The maximum atomic E-state index is 12.3. The molecule has 1 aliphatic rings. The Bertz CT molecular complexity index is 726. The number of amides is 1. The van der Waals surface area contributed by atoms with Gasteiger partial charge in [-0.25, -0.2) is 0 Å². The third kappa shape index (κ3) is 4.28. The first-order valence-corrected chi connectivity index (χ1v) is 8.53. The van der Waals surface area contributed by atoms with E-state index < -0.39 is 0 Å². The highest BCUT2D eigenvalue weighted by atomic mass is 16.2. The van der Waals surface area contributed by atoms with Gasteiger partial charge in [-0.05, 0) is 54.5 Å². The van der Waals surface area contributed by atoms with Crippen molar-refractivity contribution in [2.75, 3.05) is 0 Å². The third-order valence-electron chi connectivity index (χ3n) is 4.46. The average molecular weight is 322 g/mol. The molecule has 0 bridgehead atoms. The van der Waals surface area contributed by atoms with E-state index in [2.05, 4.69) is 16.4 Å². The predicted molar refractivity (Wildman–Crippen MR) is 92.7 cm³/mol. The van der Waals surface area contributed by atoms with E-state index in [1.54, 1.807) is 12.4 Å². The molecule has 1 N–H and O–H groups in total. The number of rotatable bonds is 6. The highest BCUT2D eigenvalue weighted by Crippen LogP contribution is 2.22. The number of Topliss-reactive ketones (excluding diaryl/α,β-unsaturated/α-hetero) is 1. The van der Waals surface area contributed by atoms with Crippen molar-refractivity contribution < 1.29 is 9.59 Å². The molecule has 2 aromatic rings. The fraction of sp³-hybridized carbons (Fsp3) is 0.350. The third-order valence-corrected chi connectivity index (χ3v) is 4.46. The zero-order valence-corrected chi connectivity index (χ0v) is 13.8. The summed E-state index contributed by atoms with van der Waals surface area (Å²) >= 11 is 0. The number of carbonyl (C=O) groups is 2. The van der Waals surface area contributed by atoms with E-state index in [0.717, 1.165) is 24.0 Å². The first-order valence-electron chi connectivity index (χ1n) is 8.53. The monoisotopic (exact) mass is 322 g/mol. The van der Waals surface area contributed by atoms with Crippen molar-refractivity contribution in [3.63, 3.8) is 0 Å². The summed E-state index contributed by atoms with van der Waals surface area (Å²) in [6.07, 6.45) is 8.48. The van der Waals surface area contributed by atoms with Gasteiger partial charge in [-0.15, -0.1) is 0 Å². The molecule has 0 unspecified atom stereocenters. The lowest BCUT2D eigenvalue weighted by molar-refractivity contribution is -0.121. The summed E-state index contributed by atoms with van der Waals surface area (Å²) < 4.78 is 0. The largest absolute Gasteiger partial charge is 0.352 e. The number of aromatic nitrogens is 1. The van der Waals surface area contributed by atoms with E-state index in [-0.39, 0.29) is 24.5 Å². The average Bonchev–Trinajstić information content (AvgIpc) is 2.65. The lowest BCUT2D eigenvalue weighted by atomic mass is 9.89. The molecule has 0 saturated heterocycles. The molecule has 3 rings (SSSR count). The highest BCUT2D eigenvalue weighted by molar-refractivity contribution is 5.98. The molecule has 0 fully saturated rings. The fourth-order valence-electron chi connectivity index (χ4n) is 3.07. The summed E-state index contributed by atoms with van der Waals surface area (Å²) in [5.74, 6) is -0.0648. The standard InChI is InChI=1S/C20H22N2O2/c23-19(18-8-7-16-5-1-2-6-17(16)12-18)9-10-20(24)22-14-15-4-3-11-21-13-15/h3-4,7-8,11-13H,1-2,5-6,9-10,14H2,(H,22,24). The number of aryl methyl sites for hydroxylation is 2. The van der Waals surface area contributed by atoms with Crippen molar-refractivity contribution in [3.8, 4) is 0 Å². The molecule has 0 aliphatic heterocycles. The van der Waals surface area contributed by atoms with Gasteiger partial charge in [0.15, 0.2) is 5.78 Å². The number of nitrogens with zero attached hydrogens (tertiary/aromatic N) is 1. The molecule has 0 spiro atoms. The summed E-state index contributed by atoms with van der Waals surface area (Å²) in [5.41, 5.74) is 4.35. The molecular weight excluding hydrogens is 300 g/mol. The van der Waals surface area contributed by atoms with E-state index >= 15 is 0 Å². The van der Waals surface area contributed by atoms with Crippen LogP contribution in [0.5, 0.6) is 0 Å². The van der Waals surface area contributed by atoms with E-state index in [9.17, 15) is 9.59 Å². The predicted octanol–water partition coefficient (Wildman–Crippen LogP) is 3.24. The maximum Gasteiger partial charge on any atom is 0.220 e. The molecule has 1 aliphatic carbocycles. The van der Waals surface area contributed by atoms with E-state index in [1.165, 1.54) is 24.0 Å². The van der Waals surface area contributed by atoms with Crippen LogP contribution < -0.4 is 5.32 Å². The fourth-order valence-corrected chi connectivity index (χ4v) is 3.07. The summed E-state index contributed by atoms with van der Waals surface area (Å²) in [5, 5.41) is 2.82. The van der Waals surface area contributed by atoms with Gasteiger partial charge < -0.3 is 5.32 Å². The van der Waals surface area contributed by atoms with Crippen molar-refractivity contribution in [1.29, 1.82) is 0 Å². The Morgan fingerprint density at radius 3 is 2.67 bits per heavy atom. The van der Waals surface area contributed by atoms with Gasteiger partial charge in [0.1, 0.15) is 0 Å². The topological polar surface area (TPSA) is 59.1 Å². The van der Waals surface area contributed by atoms with Gasteiger partial charge in [0.2, 0.25) is 5.91 Å². The lowest BCUT2D eigenvalue weighted by Crippen LogP contribution is -2.23. The number of fused-ring (bicyclic) bond motifs is 1. The molecule has 0 saturated carbocycles. The number of hydrogen-bond donors (Lipinski definition) is 1. The Balaban J connectivity index is 1.49. The molecule has 1 heterocycles. The number of pyridine rings is 1. The van der Waals surface area contributed by atoms with Crippen LogP contribution in [0.1, 0.15) is 52.7 Å². The van der Waals surface area contributed by atoms with Crippen LogP contribution in [0.25, 0.3) is 0 Å². The lowest BCUT2D eigenvalue weighted by Gasteiger charge is -2.16. The van der Waals surface area contributed by atoms with E-state index in [1.807, 2.05) is 24.3 Å². The van der Waals surface area contributed by atoms with Gasteiger partial charge in [0.05, 0.1) is 0 Å². The molecule has 4 heteroatoms. The molecular formula is C20H22N2O2. The summed E-state index contributed by atoms with van der Waals surface area (Å²) in [4.78, 5) is 28.2. The zero-order valence-electron chi connectivity index (χ0n) is 13.8. The Labute approximate surface area is 142 Å². The van der Waals surface area contributed by atoms with Crippen LogP contribution in [-0.2, 0) is 24.2 Å². The number of hydrogen-bond acceptors (Lipinski definition) is 3. The molecule has 1 amide bonds. The normalized spacial score (nSPS) is 13.2. The second-order valence-electron chi connectivity index (χ2n) is 6.25. The number of benzene rings is 1. The highest BCUT2D eigenvalue weighted by Gasteiger charge is 2.14. The van der Waals surface area contributed by atoms with Crippen molar-refractivity contribution in [1.82, 2.24) is 10.3 Å². The summed E-state index contributed by atoms with van der Waals surface area (Å²) in [6.45, 7) is 0.444. The van der Waals surface area contributed by atoms with Crippen LogP contribution in [0.3, 0.4) is 0 Å².